The number of aromatic nitrogens is 1. The van der Waals surface area contributed by atoms with Crippen LogP contribution in [-0.2, 0) is 11.2 Å². The van der Waals surface area contributed by atoms with Gasteiger partial charge in [0, 0.05) is 24.1 Å². The normalized spacial score (nSPS) is 10.3. The largest absolute Gasteiger partial charge is 0.363 e. The predicted octanol–water partition coefficient (Wildman–Crippen LogP) is 3.64. The summed E-state index contributed by atoms with van der Waals surface area (Å²) in [7, 11) is 3.81. The van der Waals surface area contributed by atoms with E-state index in [4.69, 9.17) is 23.2 Å². The van der Waals surface area contributed by atoms with Gasteiger partial charge in [-0.3, -0.25) is 4.79 Å². The minimum Gasteiger partial charge on any atom is -0.363 e. The molecule has 6 heteroatoms. The Balaban J connectivity index is 2.01. The summed E-state index contributed by atoms with van der Waals surface area (Å²) in [6.07, 6.45) is 1.81. The number of nitrogens with one attached hydrogen (secondary N) is 1. The zero-order valence-electron chi connectivity index (χ0n) is 11.7. The summed E-state index contributed by atoms with van der Waals surface area (Å²) in [5.74, 6) is 0.673. The highest BCUT2D eigenvalue weighted by molar-refractivity contribution is 6.35. The fraction of sp³-hybridized carbons (Fsp3) is 0.200. The molecule has 21 heavy (non-hydrogen) atoms. The molecule has 0 aliphatic rings. The number of nitrogens with zero attached hydrogens (tertiary/aromatic N) is 2. The second-order valence-electron chi connectivity index (χ2n) is 4.76. The van der Waals surface area contributed by atoms with Crippen molar-refractivity contribution in [3.05, 3.63) is 52.1 Å². The molecular weight excluding hydrogens is 309 g/mol. The molecule has 0 spiro atoms. The fourth-order valence-corrected chi connectivity index (χ4v) is 2.24. The minimum atomic E-state index is -0.154. The molecular formula is C15H15Cl2N3O. The molecule has 1 amide bonds. The zero-order valence-corrected chi connectivity index (χ0v) is 13.2. The summed E-state index contributed by atoms with van der Waals surface area (Å²) < 4.78 is 0. The van der Waals surface area contributed by atoms with E-state index in [1.54, 1.807) is 24.4 Å². The third-order valence-electron chi connectivity index (χ3n) is 2.86. The van der Waals surface area contributed by atoms with Gasteiger partial charge in [-0.15, -0.1) is 0 Å². The maximum absolute atomic E-state index is 12.0. The van der Waals surface area contributed by atoms with Gasteiger partial charge >= 0.3 is 0 Å². The minimum absolute atomic E-state index is 0.154. The van der Waals surface area contributed by atoms with Crippen LogP contribution in [0.4, 0.5) is 11.5 Å². The van der Waals surface area contributed by atoms with Gasteiger partial charge in [0.15, 0.2) is 0 Å². The number of amides is 1. The highest BCUT2D eigenvalue weighted by atomic mass is 35.5. The monoisotopic (exact) mass is 323 g/mol. The Morgan fingerprint density at radius 2 is 2.00 bits per heavy atom. The first-order chi connectivity index (χ1) is 9.95. The van der Waals surface area contributed by atoms with Gasteiger partial charge in [-0.1, -0.05) is 29.3 Å². The van der Waals surface area contributed by atoms with Gasteiger partial charge in [0.2, 0.25) is 5.91 Å². The average Bonchev–Trinajstić information content (AvgIpc) is 2.42. The van der Waals surface area contributed by atoms with E-state index in [0.717, 1.165) is 11.4 Å². The molecule has 0 saturated heterocycles. The van der Waals surface area contributed by atoms with Crippen LogP contribution in [0, 0.1) is 0 Å². The number of anilines is 2. The Morgan fingerprint density at radius 3 is 2.57 bits per heavy atom. The van der Waals surface area contributed by atoms with Crippen molar-refractivity contribution in [3.8, 4) is 0 Å². The van der Waals surface area contributed by atoms with Crippen LogP contribution in [0.2, 0.25) is 10.0 Å². The van der Waals surface area contributed by atoms with Crippen LogP contribution in [0.1, 0.15) is 5.56 Å². The molecule has 0 radical (unpaired) electrons. The molecule has 2 aromatic rings. The van der Waals surface area contributed by atoms with E-state index >= 15 is 0 Å². The first-order valence-corrected chi connectivity index (χ1v) is 7.08. The van der Waals surface area contributed by atoms with Gasteiger partial charge in [-0.2, -0.15) is 0 Å². The lowest BCUT2D eigenvalue weighted by Gasteiger charge is -2.12. The van der Waals surface area contributed by atoms with Gasteiger partial charge in [0.1, 0.15) is 5.82 Å². The number of halogens is 2. The lowest BCUT2D eigenvalue weighted by molar-refractivity contribution is -0.115. The van der Waals surface area contributed by atoms with Crippen molar-refractivity contribution in [1.82, 2.24) is 4.98 Å². The zero-order chi connectivity index (χ0) is 15.4. The number of benzene rings is 1. The van der Waals surface area contributed by atoms with Gasteiger partial charge in [-0.05, 0) is 29.8 Å². The number of carbonyl (C=O) groups is 1. The van der Waals surface area contributed by atoms with Gasteiger partial charge in [0.05, 0.1) is 18.3 Å². The van der Waals surface area contributed by atoms with E-state index < -0.39 is 0 Å². The Morgan fingerprint density at radius 1 is 1.24 bits per heavy atom. The Kier molecular flexibility index (Phi) is 5.04. The summed E-state index contributed by atoms with van der Waals surface area (Å²) in [4.78, 5) is 18.1. The molecule has 1 heterocycles. The van der Waals surface area contributed by atoms with Crippen molar-refractivity contribution in [2.75, 3.05) is 24.3 Å². The lowest BCUT2D eigenvalue weighted by Crippen LogP contribution is -2.15. The van der Waals surface area contributed by atoms with Gasteiger partial charge < -0.3 is 10.2 Å². The molecule has 4 nitrogen and oxygen atoms in total. The number of rotatable bonds is 4. The molecule has 0 aliphatic carbocycles. The smallest absolute Gasteiger partial charge is 0.228 e. The summed E-state index contributed by atoms with van der Waals surface area (Å²) in [6.45, 7) is 0. The topological polar surface area (TPSA) is 45.2 Å². The van der Waals surface area contributed by atoms with Crippen molar-refractivity contribution >= 4 is 40.6 Å². The van der Waals surface area contributed by atoms with Crippen LogP contribution in [0.15, 0.2) is 36.5 Å². The van der Waals surface area contributed by atoms with Crippen LogP contribution >= 0.6 is 23.2 Å². The van der Waals surface area contributed by atoms with Crippen LogP contribution < -0.4 is 10.2 Å². The molecule has 0 aliphatic heterocycles. The fourth-order valence-electron chi connectivity index (χ4n) is 1.77. The highest BCUT2D eigenvalue weighted by Crippen LogP contribution is 2.21. The summed E-state index contributed by atoms with van der Waals surface area (Å²) >= 11 is 11.9. The van der Waals surface area contributed by atoms with Crippen LogP contribution in [-0.4, -0.2) is 25.0 Å². The van der Waals surface area contributed by atoms with Crippen molar-refractivity contribution in [2.24, 2.45) is 0 Å². The molecule has 0 saturated carbocycles. The molecule has 0 bridgehead atoms. The molecule has 110 valence electrons. The number of hydrogen-bond acceptors (Lipinski definition) is 3. The Hall–Kier alpha value is -1.78. The van der Waals surface area contributed by atoms with Crippen LogP contribution in [0.3, 0.4) is 0 Å². The maximum atomic E-state index is 12.0. The Labute approximate surface area is 133 Å². The molecule has 0 atom stereocenters. The highest BCUT2D eigenvalue weighted by Gasteiger charge is 2.08. The van der Waals surface area contributed by atoms with Crippen molar-refractivity contribution in [3.63, 3.8) is 0 Å². The molecule has 2 rings (SSSR count). The SMILES string of the molecule is CN(C)c1ccc(NC(=O)Cc2ccc(Cl)cc2Cl)cn1. The van der Waals surface area contributed by atoms with E-state index in [2.05, 4.69) is 10.3 Å². The second kappa shape index (κ2) is 6.78. The average molecular weight is 324 g/mol. The Bertz CT molecular complexity index is 642. The second-order valence-corrected chi connectivity index (χ2v) is 5.60. The van der Waals surface area contributed by atoms with Crippen molar-refractivity contribution in [2.45, 2.75) is 6.42 Å². The number of pyridine rings is 1. The maximum Gasteiger partial charge on any atom is 0.228 e. The van der Waals surface area contributed by atoms with E-state index in [9.17, 15) is 4.79 Å². The quantitative estimate of drug-likeness (QED) is 0.934. The van der Waals surface area contributed by atoms with Crippen molar-refractivity contribution in [1.29, 1.82) is 0 Å². The molecule has 0 unspecified atom stereocenters. The van der Waals surface area contributed by atoms with Gasteiger partial charge in [0.25, 0.3) is 0 Å². The first-order valence-electron chi connectivity index (χ1n) is 6.33. The summed E-state index contributed by atoms with van der Waals surface area (Å²) in [6, 6.07) is 8.73. The standard InChI is InChI=1S/C15H15Cl2N3O/c1-20(2)14-6-5-12(9-18-14)19-15(21)7-10-3-4-11(16)8-13(10)17/h3-6,8-9H,7H2,1-2H3,(H,19,21). The first kappa shape index (κ1) is 15.6. The number of carbonyl (C=O) groups excluding carboxylic acids is 1. The van der Waals surface area contributed by atoms with Gasteiger partial charge in [-0.25, -0.2) is 4.98 Å². The predicted molar refractivity (Wildman–Crippen MR) is 87.4 cm³/mol. The van der Waals surface area contributed by atoms with Crippen molar-refractivity contribution < 1.29 is 4.79 Å². The van der Waals surface area contributed by atoms with E-state index in [0.29, 0.717) is 15.7 Å². The molecule has 1 aromatic heterocycles. The third-order valence-corrected chi connectivity index (χ3v) is 3.44. The number of hydrogen-bond donors (Lipinski definition) is 1. The third kappa shape index (κ3) is 4.34. The molecule has 1 N–H and O–H groups in total. The van der Waals surface area contributed by atoms with E-state index in [1.807, 2.05) is 31.1 Å². The molecule has 0 fully saturated rings. The summed E-state index contributed by atoms with van der Waals surface area (Å²) in [5, 5.41) is 3.82. The molecule has 1 aromatic carbocycles. The van der Waals surface area contributed by atoms with E-state index in [1.165, 1.54) is 0 Å². The van der Waals surface area contributed by atoms with E-state index in [-0.39, 0.29) is 12.3 Å². The lowest BCUT2D eigenvalue weighted by atomic mass is 10.1. The van der Waals surface area contributed by atoms with Crippen LogP contribution in [0.5, 0.6) is 0 Å². The summed E-state index contributed by atoms with van der Waals surface area (Å²) in [5.41, 5.74) is 1.38. The van der Waals surface area contributed by atoms with Crippen LogP contribution in [0.25, 0.3) is 0 Å².